The number of amides is 1. The van der Waals surface area contributed by atoms with Crippen LogP contribution >= 0.6 is 0 Å². The smallest absolute Gasteiger partial charge is 0.253 e. The molecule has 0 spiro atoms. The molecular formula is C14H21N5O. The first-order valence-corrected chi connectivity index (χ1v) is 6.82. The zero-order valence-electron chi connectivity index (χ0n) is 12.4. The largest absolute Gasteiger partial charge is 0.351 e. The van der Waals surface area contributed by atoms with Crippen LogP contribution in [0.2, 0.25) is 0 Å². The molecule has 0 aliphatic rings. The van der Waals surface area contributed by atoms with Crippen molar-refractivity contribution in [3.63, 3.8) is 0 Å². The second-order valence-corrected chi connectivity index (χ2v) is 5.08. The third-order valence-corrected chi connectivity index (χ3v) is 3.15. The summed E-state index contributed by atoms with van der Waals surface area (Å²) in [6.07, 6.45) is 1.76. The molecule has 2 aromatic rings. The van der Waals surface area contributed by atoms with E-state index in [4.69, 9.17) is 0 Å². The van der Waals surface area contributed by atoms with Crippen LogP contribution in [0, 0.1) is 6.92 Å². The molecule has 6 heteroatoms. The number of carbonyl (C=O) groups is 1. The number of aryl methyl sites for hydroxylation is 1. The summed E-state index contributed by atoms with van der Waals surface area (Å²) >= 11 is 0. The van der Waals surface area contributed by atoms with Gasteiger partial charge in [-0.05, 0) is 33.9 Å². The Hall–Kier alpha value is -1.95. The van der Waals surface area contributed by atoms with Crippen LogP contribution in [0.15, 0.2) is 12.3 Å². The van der Waals surface area contributed by atoms with E-state index >= 15 is 0 Å². The normalized spacial score (nSPS) is 11.2. The van der Waals surface area contributed by atoms with Gasteiger partial charge in [-0.3, -0.25) is 4.79 Å². The minimum Gasteiger partial charge on any atom is -0.351 e. The number of aromatic nitrogens is 3. The maximum atomic E-state index is 12.1. The summed E-state index contributed by atoms with van der Waals surface area (Å²) in [6, 6.07) is 2.10. The fourth-order valence-electron chi connectivity index (χ4n) is 2.07. The summed E-state index contributed by atoms with van der Waals surface area (Å²) in [4.78, 5) is 16.6. The molecule has 2 heterocycles. The summed E-state index contributed by atoms with van der Waals surface area (Å²) < 4.78 is 1.87. The van der Waals surface area contributed by atoms with Crippen molar-refractivity contribution in [2.75, 3.05) is 20.1 Å². The van der Waals surface area contributed by atoms with Crippen molar-refractivity contribution in [1.82, 2.24) is 25.4 Å². The van der Waals surface area contributed by atoms with Gasteiger partial charge in [0.15, 0.2) is 5.65 Å². The van der Waals surface area contributed by atoms with Gasteiger partial charge in [0, 0.05) is 24.5 Å². The monoisotopic (exact) mass is 275 g/mol. The van der Waals surface area contributed by atoms with E-state index < -0.39 is 0 Å². The van der Waals surface area contributed by atoms with Crippen LogP contribution in [0.5, 0.6) is 0 Å². The Bertz CT molecular complexity index is 617. The number of likely N-dealkylation sites (N-methyl/N-ethyl adjacent to an activating group) is 1. The Morgan fingerprint density at radius 3 is 2.80 bits per heavy atom. The lowest BCUT2D eigenvalue weighted by molar-refractivity contribution is 0.0953. The third-order valence-electron chi connectivity index (χ3n) is 3.15. The summed E-state index contributed by atoms with van der Waals surface area (Å²) in [7, 11) is 1.85. The van der Waals surface area contributed by atoms with Gasteiger partial charge in [0.1, 0.15) is 0 Å². The fourth-order valence-corrected chi connectivity index (χ4v) is 2.07. The fraction of sp³-hybridized carbons (Fsp3) is 0.500. The van der Waals surface area contributed by atoms with Crippen LogP contribution in [0.3, 0.4) is 0 Å². The van der Waals surface area contributed by atoms with Gasteiger partial charge in [0.2, 0.25) is 0 Å². The minimum absolute atomic E-state index is 0.0931. The predicted octanol–water partition coefficient (Wildman–Crippen LogP) is 1.27. The molecule has 0 bridgehead atoms. The highest BCUT2D eigenvalue weighted by molar-refractivity contribution is 5.98. The Kier molecular flexibility index (Phi) is 4.34. The third kappa shape index (κ3) is 2.80. The zero-order valence-corrected chi connectivity index (χ0v) is 12.4. The van der Waals surface area contributed by atoms with Crippen molar-refractivity contribution in [2.45, 2.75) is 26.8 Å². The van der Waals surface area contributed by atoms with Crippen molar-refractivity contribution in [2.24, 2.45) is 0 Å². The quantitative estimate of drug-likeness (QED) is 0.806. The Morgan fingerprint density at radius 2 is 2.15 bits per heavy atom. The van der Waals surface area contributed by atoms with Gasteiger partial charge in [-0.1, -0.05) is 0 Å². The standard InChI is InChI=1S/C14H21N5O/c1-9(2)19-13-11(8-17-19)7-12(10(3)18-13)14(20)16-6-5-15-4/h7-9,15H,5-6H2,1-4H3,(H,16,20). The molecule has 0 saturated carbocycles. The lowest BCUT2D eigenvalue weighted by Crippen LogP contribution is -2.31. The molecule has 0 saturated heterocycles. The van der Waals surface area contributed by atoms with Crippen LogP contribution < -0.4 is 10.6 Å². The number of pyridine rings is 1. The van der Waals surface area contributed by atoms with E-state index in [9.17, 15) is 4.79 Å². The Morgan fingerprint density at radius 1 is 1.40 bits per heavy atom. The topological polar surface area (TPSA) is 71.8 Å². The molecule has 0 unspecified atom stereocenters. The lowest BCUT2D eigenvalue weighted by atomic mass is 10.1. The molecule has 108 valence electrons. The molecule has 2 aromatic heterocycles. The number of rotatable bonds is 5. The minimum atomic E-state index is -0.0931. The molecule has 0 fully saturated rings. The van der Waals surface area contributed by atoms with E-state index in [0.717, 1.165) is 23.3 Å². The number of hydrogen-bond donors (Lipinski definition) is 2. The Balaban J connectivity index is 2.32. The van der Waals surface area contributed by atoms with Crippen LogP contribution in [0.25, 0.3) is 11.0 Å². The molecule has 6 nitrogen and oxygen atoms in total. The van der Waals surface area contributed by atoms with Gasteiger partial charge in [-0.15, -0.1) is 0 Å². The summed E-state index contributed by atoms with van der Waals surface area (Å²) in [5.41, 5.74) is 2.16. The average molecular weight is 275 g/mol. The number of hydrogen-bond acceptors (Lipinski definition) is 4. The van der Waals surface area contributed by atoms with Crippen molar-refractivity contribution < 1.29 is 4.79 Å². The van der Waals surface area contributed by atoms with Gasteiger partial charge in [0.25, 0.3) is 5.91 Å². The summed E-state index contributed by atoms with van der Waals surface area (Å²) in [6.45, 7) is 7.30. The molecule has 0 radical (unpaired) electrons. The Labute approximate surface area is 118 Å². The van der Waals surface area contributed by atoms with E-state index in [1.165, 1.54) is 0 Å². The van der Waals surface area contributed by atoms with E-state index in [2.05, 4.69) is 34.6 Å². The molecule has 20 heavy (non-hydrogen) atoms. The van der Waals surface area contributed by atoms with Gasteiger partial charge < -0.3 is 10.6 Å². The van der Waals surface area contributed by atoms with E-state index in [1.54, 1.807) is 6.20 Å². The number of nitrogens with one attached hydrogen (secondary N) is 2. The predicted molar refractivity (Wildman–Crippen MR) is 78.9 cm³/mol. The maximum absolute atomic E-state index is 12.1. The SMILES string of the molecule is CNCCNC(=O)c1cc2cnn(C(C)C)c2nc1C. The number of fused-ring (bicyclic) bond motifs is 1. The maximum Gasteiger partial charge on any atom is 0.253 e. The summed E-state index contributed by atoms with van der Waals surface area (Å²) in [5, 5.41) is 11.1. The van der Waals surface area contributed by atoms with Crippen LogP contribution in [0.4, 0.5) is 0 Å². The van der Waals surface area contributed by atoms with E-state index in [-0.39, 0.29) is 11.9 Å². The highest BCUT2D eigenvalue weighted by Gasteiger charge is 2.14. The highest BCUT2D eigenvalue weighted by Crippen LogP contribution is 2.19. The second kappa shape index (κ2) is 6.00. The van der Waals surface area contributed by atoms with Crippen LogP contribution in [-0.4, -0.2) is 40.8 Å². The first-order chi connectivity index (χ1) is 9.54. The first kappa shape index (κ1) is 14.5. The summed E-state index contributed by atoms with van der Waals surface area (Å²) in [5.74, 6) is -0.0931. The van der Waals surface area contributed by atoms with Crippen LogP contribution in [-0.2, 0) is 0 Å². The number of nitrogens with zero attached hydrogens (tertiary/aromatic N) is 3. The van der Waals surface area contributed by atoms with Crippen molar-refractivity contribution in [3.05, 3.63) is 23.5 Å². The van der Waals surface area contributed by atoms with Gasteiger partial charge in [-0.25, -0.2) is 9.67 Å². The van der Waals surface area contributed by atoms with Crippen molar-refractivity contribution in [1.29, 1.82) is 0 Å². The van der Waals surface area contributed by atoms with Gasteiger partial charge in [-0.2, -0.15) is 5.10 Å². The number of carbonyl (C=O) groups excluding carboxylic acids is 1. The van der Waals surface area contributed by atoms with Crippen LogP contribution in [0.1, 0.15) is 35.9 Å². The van der Waals surface area contributed by atoms with E-state index in [1.807, 2.05) is 24.7 Å². The lowest BCUT2D eigenvalue weighted by Gasteiger charge is -2.09. The molecule has 2 N–H and O–H groups in total. The highest BCUT2D eigenvalue weighted by atomic mass is 16.1. The van der Waals surface area contributed by atoms with Gasteiger partial charge >= 0.3 is 0 Å². The van der Waals surface area contributed by atoms with Crippen molar-refractivity contribution in [3.8, 4) is 0 Å². The average Bonchev–Trinajstić information content (AvgIpc) is 2.80. The molecule has 0 atom stereocenters. The van der Waals surface area contributed by atoms with Crippen molar-refractivity contribution >= 4 is 16.9 Å². The molecule has 0 aromatic carbocycles. The molecule has 2 rings (SSSR count). The zero-order chi connectivity index (χ0) is 14.7. The van der Waals surface area contributed by atoms with E-state index in [0.29, 0.717) is 12.1 Å². The molecule has 0 aliphatic heterocycles. The van der Waals surface area contributed by atoms with Gasteiger partial charge in [0.05, 0.1) is 17.5 Å². The molecule has 1 amide bonds. The first-order valence-electron chi connectivity index (χ1n) is 6.82. The molecule has 0 aliphatic carbocycles. The second-order valence-electron chi connectivity index (χ2n) is 5.08. The molecular weight excluding hydrogens is 254 g/mol.